The number of alkyl halides is 3. The molecule has 0 radical (unpaired) electrons. The van der Waals surface area contributed by atoms with Crippen LogP contribution in [0.1, 0.15) is 39.7 Å². The first kappa shape index (κ1) is 29.3. The van der Waals surface area contributed by atoms with Crippen LogP contribution >= 0.6 is 34.8 Å². The smallest absolute Gasteiger partial charge is 0.350 e. The molecule has 0 spiro atoms. The zero-order valence-electron chi connectivity index (χ0n) is 21.2. The van der Waals surface area contributed by atoms with Gasteiger partial charge in [-0.2, -0.15) is 0 Å². The van der Waals surface area contributed by atoms with E-state index in [1.54, 1.807) is 13.8 Å². The molecule has 3 aliphatic rings. The zero-order valence-corrected chi connectivity index (χ0v) is 23.5. The standard InChI is InChI=1S/C25H30Cl3NO9/c1-13(30)36-19-20(31)37-18-17(15-12-35-22(2,3)38-15)24(19,29-21(32)25(26,27)28)10-16(23(18,4)33)34-11-14-8-6-5-7-9-14/h5-9,15-19,33H,10-12H2,1-4H3,(H,29,32)/t15-,16+,17+,18-,19-,23-,24+/m1/s1. The largest absolute Gasteiger partial charge is 0.456 e. The minimum atomic E-state index is -2.43. The fraction of sp³-hybridized carbons (Fsp3) is 0.640. The second-order valence-electron chi connectivity index (χ2n) is 10.4. The average molecular weight is 595 g/mol. The number of benzene rings is 1. The van der Waals surface area contributed by atoms with Crippen molar-refractivity contribution < 1.29 is 43.2 Å². The Morgan fingerprint density at radius 2 is 1.84 bits per heavy atom. The number of ether oxygens (including phenoxy) is 5. The Balaban J connectivity index is 1.83. The van der Waals surface area contributed by atoms with Crippen LogP contribution in [0.2, 0.25) is 0 Å². The maximum Gasteiger partial charge on any atom is 0.350 e. The number of carbonyl (C=O) groups excluding carboxylic acids is 3. The molecule has 3 fully saturated rings. The molecule has 0 aromatic heterocycles. The Morgan fingerprint density at radius 1 is 1.18 bits per heavy atom. The lowest BCUT2D eigenvalue weighted by molar-refractivity contribution is -0.282. The highest BCUT2D eigenvalue weighted by Gasteiger charge is 2.72. The van der Waals surface area contributed by atoms with Gasteiger partial charge in [-0.3, -0.25) is 9.59 Å². The summed E-state index contributed by atoms with van der Waals surface area (Å²) in [7, 11) is 0. The Kier molecular flexibility index (Phi) is 8.02. The highest BCUT2D eigenvalue weighted by atomic mass is 35.6. The first-order valence-electron chi connectivity index (χ1n) is 12.0. The van der Waals surface area contributed by atoms with Crippen molar-refractivity contribution in [1.82, 2.24) is 5.32 Å². The maximum absolute atomic E-state index is 13.3. The molecule has 2 heterocycles. The van der Waals surface area contributed by atoms with E-state index in [-0.39, 0.29) is 19.6 Å². The molecule has 7 atom stereocenters. The molecule has 38 heavy (non-hydrogen) atoms. The highest BCUT2D eigenvalue weighted by molar-refractivity contribution is 6.76. The number of aliphatic hydroxyl groups is 1. The van der Waals surface area contributed by atoms with E-state index in [4.69, 9.17) is 58.5 Å². The van der Waals surface area contributed by atoms with Crippen LogP contribution in [0.5, 0.6) is 0 Å². The lowest BCUT2D eigenvalue weighted by atomic mass is 9.58. The van der Waals surface area contributed by atoms with Crippen molar-refractivity contribution in [2.45, 2.75) is 85.9 Å². The minimum Gasteiger partial charge on any atom is -0.456 e. The number of carbonyl (C=O) groups is 3. The molecule has 2 N–H and O–H groups in total. The van der Waals surface area contributed by atoms with Gasteiger partial charge in [0.25, 0.3) is 9.70 Å². The van der Waals surface area contributed by atoms with Gasteiger partial charge in [-0.05, 0) is 26.3 Å². The quantitative estimate of drug-likeness (QED) is 0.377. The van der Waals surface area contributed by atoms with E-state index < -0.39 is 68.9 Å². The average Bonchev–Trinajstić information content (AvgIpc) is 3.17. The second-order valence-corrected chi connectivity index (χ2v) is 12.7. The van der Waals surface area contributed by atoms with E-state index in [0.29, 0.717) is 0 Å². The van der Waals surface area contributed by atoms with Crippen molar-refractivity contribution in [3.63, 3.8) is 0 Å². The van der Waals surface area contributed by atoms with E-state index in [0.717, 1.165) is 12.5 Å². The van der Waals surface area contributed by atoms with Crippen LogP contribution in [-0.2, 0) is 44.7 Å². The molecule has 1 saturated carbocycles. The second kappa shape index (κ2) is 10.4. The highest BCUT2D eigenvalue weighted by Crippen LogP contribution is 2.52. The molecule has 2 bridgehead atoms. The number of hydrogen-bond acceptors (Lipinski definition) is 9. The molecule has 1 aromatic carbocycles. The molecule has 2 aliphatic heterocycles. The monoisotopic (exact) mass is 593 g/mol. The Bertz CT molecular complexity index is 1080. The molecule has 13 heteroatoms. The first-order chi connectivity index (χ1) is 17.6. The van der Waals surface area contributed by atoms with Gasteiger partial charge in [0.1, 0.15) is 11.7 Å². The van der Waals surface area contributed by atoms with Crippen molar-refractivity contribution in [3.8, 4) is 0 Å². The van der Waals surface area contributed by atoms with E-state index in [1.807, 2.05) is 30.3 Å². The fourth-order valence-electron chi connectivity index (χ4n) is 5.56. The predicted molar refractivity (Wildman–Crippen MR) is 135 cm³/mol. The van der Waals surface area contributed by atoms with Gasteiger partial charge in [0.15, 0.2) is 5.79 Å². The third kappa shape index (κ3) is 5.63. The molecule has 10 nitrogen and oxygen atoms in total. The van der Waals surface area contributed by atoms with Crippen LogP contribution < -0.4 is 5.32 Å². The van der Waals surface area contributed by atoms with Crippen molar-refractivity contribution in [1.29, 1.82) is 0 Å². The number of halogens is 3. The van der Waals surface area contributed by atoms with E-state index >= 15 is 0 Å². The Hall–Kier alpha value is -1.66. The normalized spacial score (nSPS) is 36.3. The van der Waals surface area contributed by atoms with Crippen LogP contribution in [0.25, 0.3) is 0 Å². The summed E-state index contributed by atoms with van der Waals surface area (Å²) in [4.78, 5) is 38.5. The third-order valence-electron chi connectivity index (χ3n) is 7.21. The summed E-state index contributed by atoms with van der Waals surface area (Å²) in [5, 5.41) is 14.5. The summed E-state index contributed by atoms with van der Waals surface area (Å²) < 4.78 is 26.7. The number of fused-ring (bicyclic) bond motifs is 2. The van der Waals surface area contributed by atoms with E-state index in [9.17, 15) is 19.5 Å². The van der Waals surface area contributed by atoms with Crippen molar-refractivity contribution in [3.05, 3.63) is 35.9 Å². The molecule has 1 aliphatic carbocycles. The molecular formula is C25H30Cl3NO9. The Morgan fingerprint density at radius 3 is 2.39 bits per heavy atom. The number of hydrogen-bond donors (Lipinski definition) is 2. The molecule has 4 rings (SSSR count). The predicted octanol–water partition coefficient (Wildman–Crippen LogP) is 2.58. The van der Waals surface area contributed by atoms with Crippen LogP contribution in [-0.4, -0.2) is 74.7 Å². The summed E-state index contributed by atoms with van der Waals surface area (Å²) in [5.41, 5.74) is -2.71. The van der Waals surface area contributed by atoms with Gasteiger partial charge in [0.2, 0.25) is 6.10 Å². The molecule has 0 unspecified atom stereocenters. The van der Waals surface area contributed by atoms with Crippen molar-refractivity contribution in [2.75, 3.05) is 6.61 Å². The summed E-state index contributed by atoms with van der Waals surface area (Å²) in [6, 6.07) is 9.21. The third-order valence-corrected chi connectivity index (χ3v) is 7.72. The van der Waals surface area contributed by atoms with Crippen molar-refractivity contribution >= 4 is 52.6 Å². The summed E-state index contributed by atoms with van der Waals surface area (Å²) in [6.07, 6.45) is -5.01. The van der Waals surface area contributed by atoms with Gasteiger partial charge in [-0.25, -0.2) is 4.79 Å². The Labute approximate surface area is 235 Å². The molecular weight excluding hydrogens is 565 g/mol. The molecule has 210 valence electrons. The topological polar surface area (TPSA) is 130 Å². The lowest BCUT2D eigenvalue weighted by Crippen LogP contribution is -2.81. The van der Waals surface area contributed by atoms with Crippen LogP contribution in [0, 0.1) is 5.92 Å². The summed E-state index contributed by atoms with van der Waals surface area (Å²) >= 11 is 17.7. The van der Waals surface area contributed by atoms with Gasteiger partial charge >= 0.3 is 11.9 Å². The van der Waals surface area contributed by atoms with Gasteiger partial charge in [0.05, 0.1) is 36.9 Å². The molecule has 1 aromatic rings. The van der Waals surface area contributed by atoms with Crippen LogP contribution in [0.15, 0.2) is 30.3 Å². The van der Waals surface area contributed by atoms with Gasteiger partial charge in [0, 0.05) is 13.3 Å². The summed E-state index contributed by atoms with van der Waals surface area (Å²) in [5.74, 6) is -4.87. The molecule has 1 amide bonds. The van der Waals surface area contributed by atoms with Crippen molar-refractivity contribution in [2.24, 2.45) is 5.92 Å². The van der Waals surface area contributed by atoms with Crippen LogP contribution in [0.3, 0.4) is 0 Å². The molecule has 2 saturated heterocycles. The van der Waals surface area contributed by atoms with Gasteiger partial charge in [-0.15, -0.1) is 0 Å². The van der Waals surface area contributed by atoms with Gasteiger partial charge < -0.3 is 34.1 Å². The lowest BCUT2D eigenvalue weighted by Gasteiger charge is -2.61. The fourth-order valence-corrected chi connectivity index (χ4v) is 5.70. The number of esters is 2. The number of rotatable bonds is 6. The number of nitrogens with one attached hydrogen (secondary N) is 1. The van der Waals surface area contributed by atoms with Gasteiger partial charge in [-0.1, -0.05) is 65.1 Å². The van der Waals surface area contributed by atoms with E-state index in [1.165, 1.54) is 6.92 Å². The maximum atomic E-state index is 13.3. The first-order valence-corrected chi connectivity index (χ1v) is 13.2. The minimum absolute atomic E-state index is 0.0233. The van der Waals surface area contributed by atoms with Crippen LogP contribution in [0.4, 0.5) is 0 Å². The number of amides is 1. The van der Waals surface area contributed by atoms with E-state index in [2.05, 4.69) is 5.32 Å². The zero-order chi connectivity index (χ0) is 28.1. The summed E-state index contributed by atoms with van der Waals surface area (Å²) in [6.45, 7) is 6.08. The SMILES string of the molecule is CC(=O)O[C@@H]1C(=O)O[C@@H]2[C@H]([C@H]3COC(C)(C)O3)[C@@]1(NC(=O)C(Cl)(Cl)Cl)C[C@H](OCc1ccccc1)[C@@]2(C)O.